The highest BCUT2D eigenvalue weighted by atomic mass is 19.4. The van der Waals surface area contributed by atoms with Crippen molar-refractivity contribution in [3.63, 3.8) is 0 Å². The highest BCUT2D eigenvalue weighted by Gasteiger charge is 2.93. The maximum atomic E-state index is 13.5. The maximum Gasteiger partial charge on any atom is 0.460 e. The molecular formula is C14H13F15O2. The lowest BCUT2D eigenvalue weighted by atomic mass is 9.90. The van der Waals surface area contributed by atoms with Gasteiger partial charge in [-0.1, -0.05) is 6.92 Å². The quantitative estimate of drug-likeness (QED) is 0.274. The van der Waals surface area contributed by atoms with E-state index in [1.165, 1.54) is 6.92 Å². The summed E-state index contributed by atoms with van der Waals surface area (Å²) < 4.78 is 198. The number of rotatable bonds is 9. The summed E-state index contributed by atoms with van der Waals surface area (Å²) in [6, 6.07) is 0. The number of carbonyl (C=O) groups excluding carboxylic acids is 1. The molecule has 0 atom stereocenters. The van der Waals surface area contributed by atoms with Gasteiger partial charge in [0.25, 0.3) is 0 Å². The van der Waals surface area contributed by atoms with Gasteiger partial charge in [0, 0.05) is 0 Å². The number of esters is 1. The van der Waals surface area contributed by atoms with Gasteiger partial charge in [0.05, 0.1) is 5.41 Å². The van der Waals surface area contributed by atoms with Crippen LogP contribution in [0.15, 0.2) is 0 Å². The molecule has 17 heteroatoms. The lowest BCUT2D eigenvalue weighted by Crippen LogP contribution is -2.73. The van der Waals surface area contributed by atoms with Crippen LogP contribution in [0.25, 0.3) is 0 Å². The van der Waals surface area contributed by atoms with Gasteiger partial charge in [0.2, 0.25) is 0 Å². The summed E-state index contributed by atoms with van der Waals surface area (Å²) >= 11 is 0. The fourth-order valence-corrected chi connectivity index (χ4v) is 1.59. The zero-order chi connectivity index (χ0) is 25.7. The molecule has 0 radical (unpaired) electrons. The Labute approximate surface area is 163 Å². The highest BCUT2D eigenvalue weighted by molar-refractivity contribution is 5.75. The number of ether oxygens (including phenoxy) is 1. The van der Waals surface area contributed by atoms with E-state index in [0.29, 0.717) is 0 Å². The molecule has 0 fully saturated rings. The van der Waals surface area contributed by atoms with Crippen molar-refractivity contribution in [2.24, 2.45) is 5.41 Å². The second kappa shape index (κ2) is 7.78. The second-order valence-electron chi connectivity index (χ2n) is 6.89. The zero-order valence-electron chi connectivity index (χ0n) is 15.4. The molecule has 0 amide bonds. The highest BCUT2D eigenvalue weighted by Crippen LogP contribution is 2.62. The topological polar surface area (TPSA) is 26.3 Å². The summed E-state index contributed by atoms with van der Waals surface area (Å²) in [6.07, 6.45) is -7.87. The van der Waals surface area contributed by atoms with Crippen LogP contribution in [0, 0.1) is 5.41 Å². The first-order valence-corrected chi connectivity index (χ1v) is 7.70. The zero-order valence-corrected chi connectivity index (χ0v) is 15.4. The van der Waals surface area contributed by atoms with E-state index in [9.17, 15) is 70.7 Å². The lowest BCUT2D eigenvalue weighted by molar-refractivity contribution is -0.453. The summed E-state index contributed by atoms with van der Waals surface area (Å²) in [5.74, 6) is -48.9. The number of hydrogen-bond acceptors (Lipinski definition) is 2. The molecule has 0 aromatic carbocycles. The van der Waals surface area contributed by atoms with Gasteiger partial charge in [0.15, 0.2) is 6.61 Å². The predicted octanol–water partition coefficient (Wildman–Crippen LogP) is 6.34. The molecule has 2 nitrogen and oxygen atoms in total. The molecule has 0 aromatic rings. The summed E-state index contributed by atoms with van der Waals surface area (Å²) in [6.45, 7) is 0.0864. The fraction of sp³-hybridized carbons (Fsp3) is 0.929. The van der Waals surface area contributed by atoms with Crippen molar-refractivity contribution in [1.82, 2.24) is 0 Å². The minimum absolute atomic E-state index is 0.208. The molecule has 0 aromatic heterocycles. The largest absolute Gasteiger partial charge is 0.460 e. The van der Waals surface area contributed by atoms with Crippen LogP contribution in [0.1, 0.15) is 27.2 Å². The van der Waals surface area contributed by atoms with Crippen LogP contribution in [-0.4, -0.2) is 54.3 Å². The summed E-state index contributed by atoms with van der Waals surface area (Å²) in [7, 11) is 0. The molecule has 0 N–H and O–H groups in total. The number of halogens is 15. The predicted molar refractivity (Wildman–Crippen MR) is 70.8 cm³/mol. The van der Waals surface area contributed by atoms with Crippen molar-refractivity contribution in [2.45, 2.75) is 68.9 Å². The molecule has 31 heavy (non-hydrogen) atoms. The molecular weight excluding hydrogens is 485 g/mol. The van der Waals surface area contributed by atoms with E-state index in [0.717, 1.165) is 13.8 Å². The Bertz CT molecular complexity index is 663. The summed E-state index contributed by atoms with van der Waals surface area (Å²) in [5, 5.41) is 0. The van der Waals surface area contributed by atoms with Gasteiger partial charge in [-0.3, -0.25) is 4.79 Å². The van der Waals surface area contributed by atoms with Gasteiger partial charge >= 0.3 is 47.7 Å². The first-order chi connectivity index (χ1) is 13.2. The van der Waals surface area contributed by atoms with Crippen LogP contribution in [0.4, 0.5) is 65.9 Å². The van der Waals surface area contributed by atoms with Crippen molar-refractivity contribution < 1.29 is 75.4 Å². The van der Waals surface area contributed by atoms with E-state index in [4.69, 9.17) is 0 Å². The Kier molecular flexibility index (Phi) is 7.38. The van der Waals surface area contributed by atoms with Crippen LogP contribution in [0.3, 0.4) is 0 Å². The molecule has 0 rings (SSSR count). The molecule has 0 saturated carbocycles. The Hall–Kier alpha value is -1.58. The second-order valence-corrected chi connectivity index (χ2v) is 6.89. The van der Waals surface area contributed by atoms with Gasteiger partial charge in [-0.25, -0.2) is 0 Å². The minimum atomic E-state index is -8.36. The Morgan fingerprint density at radius 2 is 0.935 bits per heavy atom. The van der Waals surface area contributed by atoms with Crippen molar-refractivity contribution in [3.8, 4) is 0 Å². The van der Waals surface area contributed by atoms with Crippen LogP contribution in [-0.2, 0) is 9.53 Å². The van der Waals surface area contributed by atoms with Gasteiger partial charge in [-0.2, -0.15) is 65.9 Å². The monoisotopic (exact) mass is 498 g/mol. The summed E-state index contributed by atoms with van der Waals surface area (Å²) in [5.41, 5.74) is -1.69. The summed E-state index contributed by atoms with van der Waals surface area (Å²) in [4.78, 5) is 11.4. The van der Waals surface area contributed by atoms with E-state index in [-0.39, 0.29) is 6.42 Å². The molecule has 0 unspecified atom stereocenters. The van der Waals surface area contributed by atoms with Crippen LogP contribution in [0.5, 0.6) is 0 Å². The average molecular weight is 498 g/mol. The maximum absolute atomic E-state index is 13.5. The third-order valence-corrected chi connectivity index (χ3v) is 4.21. The van der Waals surface area contributed by atoms with E-state index in [1.54, 1.807) is 0 Å². The first kappa shape index (κ1) is 29.4. The molecule has 0 aliphatic carbocycles. The van der Waals surface area contributed by atoms with Gasteiger partial charge in [0.1, 0.15) is 0 Å². The first-order valence-electron chi connectivity index (χ1n) is 7.70. The fourth-order valence-electron chi connectivity index (χ4n) is 1.59. The van der Waals surface area contributed by atoms with E-state index < -0.39 is 59.7 Å². The SMILES string of the molecule is CCC(C)(C)C(=O)OCC(F)(F)C(F)(F)C(F)(F)C(F)(F)C(F)(F)C(F)(F)C(F)(F)F. The molecule has 0 bridgehead atoms. The third kappa shape index (κ3) is 4.36. The smallest absolute Gasteiger partial charge is 0.459 e. The standard InChI is InChI=1S/C14H13F15O2/c1-4-7(2,3)6(30)31-5-8(15,16)9(17,18)10(19,20)11(21,22)12(23,24)13(25,26)14(27,28)29/h4-5H2,1-3H3. The van der Waals surface area contributed by atoms with Crippen molar-refractivity contribution in [2.75, 3.05) is 6.61 Å². The third-order valence-electron chi connectivity index (χ3n) is 4.21. The van der Waals surface area contributed by atoms with Gasteiger partial charge < -0.3 is 4.74 Å². The molecule has 186 valence electrons. The molecule has 0 heterocycles. The number of carbonyl (C=O) groups is 1. The van der Waals surface area contributed by atoms with Gasteiger partial charge in [-0.15, -0.1) is 0 Å². The molecule has 0 saturated heterocycles. The van der Waals surface area contributed by atoms with Crippen molar-refractivity contribution >= 4 is 5.97 Å². The molecule has 0 spiro atoms. The molecule has 0 aliphatic rings. The van der Waals surface area contributed by atoms with E-state index in [1.807, 2.05) is 0 Å². The van der Waals surface area contributed by atoms with Crippen molar-refractivity contribution in [1.29, 1.82) is 0 Å². The van der Waals surface area contributed by atoms with Crippen LogP contribution in [0.2, 0.25) is 0 Å². The Morgan fingerprint density at radius 3 is 1.26 bits per heavy atom. The van der Waals surface area contributed by atoms with E-state index in [2.05, 4.69) is 4.74 Å². The normalized spacial score (nSPS) is 15.8. The minimum Gasteiger partial charge on any atom is -0.459 e. The number of hydrogen-bond donors (Lipinski definition) is 0. The Balaban J connectivity index is 6.24. The lowest BCUT2D eigenvalue weighted by Gasteiger charge is -2.41. The number of alkyl halides is 15. The van der Waals surface area contributed by atoms with E-state index >= 15 is 0 Å². The molecule has 0 aliphatic heterocycles. The van der Waals surface area contributed by atoms with Crippen LogP contribution < -0.4 is 0 Å². The van der Waals surface area contributed by atoms with Crippen LogP contribution >= 0.6 is 0 Å². The average Bonchev–Trinajstić information content (AvgIpc) is 2.57. The Morgan fingerprint density at radius 1 is 0.613 bits per heavy atom. The van der Waals surface area contributed by atoms with Crippen molar-refractivity contribution in [3.05, 3.63) is 0 Å². The van der Waals surface area contributed by atoms with Gasteiger partial charge in [-0.05, 0) is 20.3 Å².